The van der Waals surface area contributed by atoms with Crippen LogP contribution < -0.4 is 0 Å². The van der Waals surface area contributed by atoms with Gasteiger partial charge in [-0.05, 0) is 76.8 Å². The van der Waals surface area contributed by atoms with Crippen LogP contribution in [0.2, 0.25) is 0 Å². The van der Waals surface area contributed by atoms with E-state index in [1.54, 1.807) is 0 Å². The molecule has 1 aliphatic heterocycles. The summed E-state index contributed by atoms with van der Waals surface area (Å²) in [6.45, 7) is 3.51. The van der Waals surface area contributed by atoms with Crippen LogP contribution in [-0.4, -0.2) is 29.5 Å². The lowest BCUT2D eigenvalue weighted by Gasteiger charge is -2.25. The minimum Gasteiger partial charge on any atom is -0.360 e. The van der Waals surface area contributed by atoms with Crippen LogP contribution in [0, 0.1) is 0 Å². The zero-order chi connectivity index (χ0) is 17.1. The first kappa shape index (κ1) is 17.1. The number of unbranched alkanes of at least 4 members (excludes halogenated alkanes) is 1. The van der Waals surface area contributed by atoms with Crippen LogP contribution in [0.1, 0.15) is 29.7 Å². The Balaban J connectivity index is 1.25. The maximum atomic E-state index is 3.62. The number of hydrogen-bond donors (Lipinski definition) is 1. The van der Waals surface area contributed by atoms with E-state index in [0.29, 0.717) is 0 Å². The molecule has 0 bridgehead atoms. The van der Waals surface area contributed by atoms with Crippen molar-refractivity contribution in [3.8, 4) is 0 Å². The summed E-state index contributed by atoms with van der Waals surface area (Å²) in [5, 5.41) is 3.53. The van der Waals surface area contributed by atoms with Gasteiger partial charge in [0.2, 0.25) is 0 Å². The number of aromatic amines is 1. The smallest absolute Gasteiger partial charge is 0.0601 e. The first-order valence-corrected chi connectivity index (χ1v) is 10.7. The van der Waals surface area contributed by atoms with Crippen LogP contribution in [0.25, 0.3) is 16.5 Å². The summed E-state index contributed by atoms with van der Waals surface area (Å²) in [4.78, 5) is 7.44. The molecule has 1 aliphatic rings. The van der Waals surface area contributed by atoms with Gasteiger partial charge in [-0.2, -0.15) is 0 Å². The highest BCUT2D eigenvalue weighted by Crippen LogP contribution is 2.27. The van der Waals surface area contributed by atoms with Crippen molar-refractivity contribution in [3.63, 3.8) is 0 Å². The van der Waals surface area contributed by atoms with E-state index in [1.165, 1.54) is 59.3 Å². The summed E-state index contributed by atoms with van der Waals surface area (Å²) in [6.07, 6.45) is 9.46. The molecule has 4 heteroatoms. The van der Waals surface area contributed by atoms with E-state index < -0.39 is 0 Å². The third kappa shape index (κ3) is 3.91. The van der Waals surface area contributed by atoms with Gasteiger partial charge in [0.1, 0.15) is 0 Å². The van der Waals surface area contributed by atoms with Crippen LogP contribution in [0.15, 0.2) is 52.5 Å². The molecule has 0 unspecified atom stereocenters. The average Bonchev–Trinajstić information content (AvgIpc) is 3.30. The Morgan fingerprint density at radius 1 is 1.16 bits per heavy atom. The molecule has 25 heavy (non-hydrogen) atoms. The summed E-state index contributed by atoms with van der Waals surface area (Å²) in [6, 6.07) is 10.8. The Morgan fingerprint density at radius 2 is 2.12 bits per heavy atom. The lowest BCUT2D eigenvalue weighted by atomic mass is 10.0. The number of thiophene rings is 1. The Labute approximate surface area is 161 Å². The molecular formula is C21H23BrN2S. The lowest BCUT2D eigenvalue weighted by Crippen LogP contribution is -2.29. The Bertz CT molecular complexity index is 863. The van der Waals surface area contributed by atoms with Crippen molar-refractivity contribution < 1.29 is 0 Å². The van der Waals surface area contributed by atoms with Crippen LogP contribution >= 0.6 is 27.3 Å². The fourth-order valence-electron chi connectivity index (χ4n) is 3.63. The zero-order valence-electron chi connectivity index (χ0n) is 14.3. The second-order valence-electron chi connectivity index (χ2n) is 6.69. The molecule has 1 aromatic carbocycles. The van der Waals surface area contributed by atoms with Gasteiger partial charge in [0.15, 0.2) is 0 Å². The molecular weight excluding hydrogens is 392 g/mol. The Morgan fingerprint density at radius 3 is 2.92 bits per heavy atom. The molecule has 0 saturated heterocycles. The zero-order valence-corrected chi connectivity index (χ0v) is 16.7. The third-order valence-corrected chi connectivity index (χ3v) is 6.66. The first-order chi connectivity index (χ1) is 12.3. The van der Waals surface area contributed by atoms with Crippen molar-refractivity contribution in [2.75, 3.05) is 19.6 Å². The summed E-state index contributed by atoms with van der Waals surface area (Å²) in [5.41, 5.74) is 4.20. The van der Waals surface area contributed by atoms with E-state index in [9.17, 15) is 0 Å². The van der Waals surface area contributed by atoms with E-state index >= 15 is 0 Å². The molecule has 130 valence electrons. The van der Waals surface area contributed by atoms with E-state index in [0.717, 1.165) is 17.4 Å². The van der Waals surface area contributed by atoms with Gasteiger partial charge in [0.05, 0.1) is 5.52 Å². The van der Waals surface area contributed by atoms with Gasteiger partial charge in [0, 0.05) is 34.0 Å². The number of halogens is 1. The fraction of sp³-hybridized carbons (Fsp3) is 0.333. The van der Waals surface area contributed by atoms with Gasteiger partial charge in [-0.3, -0.25) is 4.90 Å². The number of para-hydroxylation sites is 1. The second kappa shape index (κ2) is 7.90. The number of nitrogens with one attached hydrogen (secondary N) is 1. The number of aryl methyl sites for hydroxylation is 1. The molecule has 0 fully saturated rings. The molecule has 3 heterocycles. The number of H-pyrrole nitrogens is 1. The third-order valence-electron chi connectivity index (χ3n) is 5.05. The topological polar surface area (TPSA) is 19.0 Å². The standard InChI is InChI=1S/C21H23BrN2S/c22-19-7-3-6-18-17(15-23-21(18)19)5-1-2-11-24-12-9-16(10-13-24)20-8-4-14-25-20/h3-4,6-9,14-15,23H,1-2,5,10-13H2. The maximum Gasteiger partial charge on any atom is 0.0601 e. The molecule has 2 nitrogen and oxygen atoms in total. The van der Waals surface area contributed by atoms with Crippen LogP contribution in [-0.2, 0) is 6.42 Å². The quantitative estimate of drug-likeness (QED) is 0.482. The van der Waals surface area contributed by atoms with E-state index in [4.69, 9.17) is 0 Å². The van der Waals surface area contributed by atoms with E-state index in [-0.39, 0.29) is 0 Å². The van der Waals surface area contributed by atoms with Gasteiger partial charge >= 0.3 is 0 Å². The molecule has 3 aromatic rings. The van der Waals surface area contributed by atoms with Crippen molar-refractivity contribution in [2.24, 2.45) is 0 Å². The second-order valence-corrected chi connectivity index (χ2v) is 8.49. The highest BCUT2D eigenvalue weighted by atomic mass is 79.9. The Kier molecular flexibility index (Phi) is 5.39. The molecule has 0 aliphatic carbocycles. The van der Waals surface area contributed by atoms with Gasteiger partial charge in [0.25, 0.3) is 0 Å². The molecule has 2 aromatic heterocycles. The minimum atomic E-state index is 1.10. The lowest BCUT2D eigenvalue weighted by molar-refractivity contribution is 0.295. The molecule has 0 atom stereocenters. The average molecular weight is 415 g/mol. The Hall–Kier alpha value is -1.36. The highest BCUT2D eigenvalue weighted by Gasteiger charge is 2.13. The predicted molar refractivity (Wildman–Crippen MR) is 112 cm³/mol. The number of benzene rings is 1. The van der Waals surface area contributed by atoms with Crippen molar-refractivity contribution in [1.82, 2.24) is 9.88 Å². The van der Waals surface area contributed by atoms with Crippen LogP contribution in [0.3, 0.4) is 0 Å². The number of hydrogen-bond acceptors (Lipinski definition) is 2. The van der Waals surface area contributed by atoms with E-state index in [1.807, 2.05) is 11.3 Å². The fourth-order valence-corrected chi connectivity index (χ4v) is 4.91. The minimum absolute atomic E-state index is 1.10. The normalized spacial score (nSPS) is 15.6. The van der Waals surface area contributed by atoms with Gasteiger partial charge in [-0.1, -0.05) is 24.3 Å². The number of rotatable bonds is 6. The predicted octanol–water partition coefficient (Wildman–Crippen LogP) is 6.10. The first-order valence-electron chi connectivity index (χ1n) is 9.01. The molecule has 1 N–H and O–H groups in total. The van der Waals surface area contributed by atoms with Crippen LogP contribution in [0.4, 0.5) is 0 Å². The van der Waals surface area contributed by atoms with Gasteiger partial charge in [-0.15, -0.1) is 11.3 Å². The van der Waals surface area contributed by atoms with Crippen LogP contribution in [0.5, 0.6) is 0 Å². The van der Waals surface area contributed by atoms with Crippen molar-refractivity contribution in [2.45, 2.75) is 25.7 Å². The molecule has 0 spiro atoms. The number of fused-ring (bicyclic) bond motifs is 1. The monoisotopic (exact) mass is 414 g/mol. The summed E-state index contributed by atoms with van der Waals surface area (Å²) >= 11 is 5.48. The van der Waals surface area contributed by atoms with Crippen molar-refractivity contribution in [1.29, 1.82) is 0 Å². The van der Waals surface area contributed by atoms with Crippen molar-refractivity contribution in [3.05, 3.63) is 62.9 Å². The largest absolute Gasteiger partial charge is 0.360 e. The molecule has 0 amide bonds. The number of aromatic nitrogens is 1. The van der Waals surface area contributed by atoms with Gasteiger partial charge < -0.3 is 4.98 Å². The van der Waals surface area contributed by atoms with Crippen molar-refractivity contribution >= 4 is 43.7 Å². The number of nitrogens with zero attached hydrogens (tertiary/aromatic N) is 1. The van der Waals surface area contributed by atoms with Gasteiger partial charge in [-0.25, -0.2) is 0 Å². The summed E-state index contributed by atoms with van der Waals surface area (Å²) < 4.78 is 1.15. The highest BCUT2D eigenvalue weighted by molar-refractivity contribution is 9.10. The summed E-state index contributed by atoms with van der Waals surface area (Å²) in [7, 11) is 0. The molecule has 0 radical (unpaired) electrons. The SMILES string of the molecule is Brc1cccc2c(CCCCN3CC=C(c4cccs4)CC3)c[nH]c12. The van der Waals surface area contributed by atoms with E-state index in [2.05, 4.69) is 73.8 Å². The maximum absolute atomic E-state index is 3.62. The molecule has 0 saturated carbocycles. The molecule has 4 rings (SSSR count). The summed E-state index contributed by atoms with van der Waals surface area (Å²) in [5.74, 6) is 0.